The van der Waals surface area contributed by atoms with Crippen molar-refractivity contribution in [2.75, 3.05) is 20.2 Å². The number of amides is 2. The number of rotatable bonds is 7. The van der Waals surface area contributed by atoms with Gasteiger partial charge in [-0.15, -0.1) is 11.3 Å². The van der Waals surface area contributed by atoms with E-state index >= 15 is 0 Å². The van der Waals surface area contributed by atoms with Crippen molar-refractivity contribution in [2.45, 2.75) is 38.2 Å². The quantitative estimate of drug-likeness (QED) is 0.572. The third-order valence-electron chi connectivity index (χ3n) is 3.97. The summed E-state index contributed by atoms with van der Waals surface area (Å²) in [6, 6.07) is 3.63. The van der Waals surface area contributed by atoms with Crippen molar-refractivity contribution in [3.05, 3.63) is 33.0 Å². The normalized spacial score (nSPS) is 15.5. The lowest BCUT2D eigenvalue weighted by atomic mass is 9.97. The largest absolute Gasteiger partial charge is 0.374 e. The van der Waals surface area contributed by atoms with E-state index in [2.05, 4.69) is 16.7 Å². The minimum atomic E-state index is -0.641. The molecule has 0 radical (unpaired) electrons. The molecular formula is C17H23ClN2O3S. The summed E-state index contributed by atoms with van der Waals surface area (Å²) in [6.45, 7) is 0.719. The lowest BCUT2D eigenvalue weighted by Gasteiger charge is -2.15. The van der Waals surface area contributed by atoms with E-state index in [9.17, 15) is 9.59 Å². The highest BCUT2D eigenvalue weighted by Gasteiger charge is 2.18. The summed E-state index contributed by atoms with van der Waals surface area (Å²) in [6.07, 6.45) is 7.42. The SMILES string of the molecule is CO[C@H](CNC(=O)C(=O)NCCC1=CCCCC1)c1ccc(Cl)s1. The minimum absolute atomic E-state index is 0.227. The van der Waals surface area contributed by atoms with Crippen LogP contribution < -0.4 is 10.6 Å². The van der Waals surface area contributed by atoms with Crippen LogP contribution in [0.5, 0.6) is 0 Å². The molecule has 0 saturated heterocycles. The number of thiophene rings is 1. The standard InChI is InChI=1S/C17H23ClN2O3S/c1-23-13(14-7-8-15(18)24-14)11-20-17(22)16(21)19-10-9-12-5-3-2-4-6-12/h5,7-8,13H,2-4,6,9-11H2,1H3,(H,19,21)(H,20,22)/t13-/m1/s1. The third kappa shape index (κ3) is 5.92. The van der Waals surface area contributed by atoms with Crippen molar-refractivity contribution in [3.63, 3.8) is 0 Å². The molecule has 0 aliphatic heterocycles. The van der Waals surface area contributed by atoms with Gasteiger partial charge in [-0.05, 0) is 44.2 Å². The van der Waals surface area contributed by atoms with Crippen LogP contribution in [0.3, 0.4) is 0 Å². The van der Waals surface area contributed by atoms with Gasteiger partial charge in [0.05, 0.1) is 4.34 Å². The maximum absolute atomic E-state index is 11.9. The van der Waals surface area contributed by atoms with Crippen molar-refractivity contribution in [2.24, 2.45) is 0 Å². The van der Waals surface area contributed by atoms with Gasteiger partial charge in [0.25, 0.3) is 0 Å². The van der Waals surface area contributed by atoms with Crippen LogP contribution in [0.15, 0.2) is 23.8 Å². The number of carbonyl (C=O) groups is 2. The van der Waals surface area contributed by atoms with E-state index < -0.39 is 11.8 Å². The molecule has 0 bridgehead atoms. The first-order valence-corrected chi connectivity index (χ1v) is 9.31. The number of hydrogen-bond acceptors (Lipinski definition) is 4. The average Bonchev–Trinajstić information content (AvgIpc) is 3.02. The van der Waals surface area contributed by atoms with Gasteiger partial charge in [0.1, 0.15) is 6.10 Å². The zero-order valence-electron chi connectivity index (χ0n) is 13.8. The molecule has 1 aromatic heterocycles. The van der Waals surface area contributed by atoms with Gasteiger partial charge in [-0.1, -0.05) is 23.3 Å². The Morgan fingerprint density at radius 2 is 2.08 bits per heavy atom. The Morgan fingerprint density at radius 3 is 2.71 bits per heavy atom. The molecule has 7 heteroatoms. The van der Waals surface area contributed by atoms with Crippen molar-refractivity contribution < 1.29 is 14.3 Å². The van der Waals surface area contributed by atoms with E-state index in [1.54, 1.807) is 13.2 Å². The Balaban J connectivity index is 1.70. The maximum Gasteiger partial charge on any atom is 0.309 e. The molecule has 1 aliphatic rings. The molecule has 2 N–H and O–H groups in total. The number of carbonyl (C=O) groups excluding carboxylic acids is 2. The van der Waals surface area contributed by atoms with E-state index in [1.165, 1.54) is 29.8 Å². The van der Waals surface area contributed by atoms with Crippen molar-refractivity contribution in [1.82, 2.24) is 10.6 Å². The molecule has 2 amide bonds. The summed E-state index contributed by atoms with van der Waals surface area (Å²) >= 11 is 7.30. The highest BCUT2D eigenvalue weighted by Crippen LogP contribution is 2.28. The van der Waals surface area contributed by atoms with Gasteiger partial charge in [0, 0.05) is 25.1 Å². The van der Waals surface area contributed by atoms with Gasteiger partial charge in [-0.25, -0.2) is 0 Å². The van der Waals surface area contributed by atoms with E-state index in [0.29, 0.717) is 10.9 Å². The van der Waals surface area contributed by atoms with E-state index in [4.69, 9.17) is 16.3 Å². The molecule has 1 atom stereocenters. The van der Waals surface area contributed by atoms with Crippen LogP contribution in [0.2, 0.25) is 4.34 Å². The van der Waals surface area contributed by atoms with Crippen LogP contribution in [0.1, 0.15) is 43.1 Å². The number of hydrogen-bond donors (Lipinski definition) is 2. The fraction of sp³-hybridized carbons (Fsp3) is 0.529. The summed E-state index contributed by atoms with van der Waals surface area (Å²) in [4.78, 5) is 24.6. The summed E-state index contributed by atoms with van der Waals surface area (Å²) in [5.41, 5.74) is 1.37. The topological polar surface area (TPSA) is 67.4 Å². The number of ether oxygens (including phenoxy) is 1. The number of methoxy groups -OCH3 is 1. The maximum atomic E-state index is 11.9. The van der Waals surface area contributed by atoms with E-state index in [1.807, 2.05) is 6.07 Å². The Labute approximate surface area is 151 Å². The van der Waals surface area contributed by atoms with Crippen LogP contribution >= 0.6 is 22.9 Å². The Morgan fingerprint density at radius 1 is 1.29 bits per heavy atom. The molecule has 2 rings (SSSR count). The van der Waals surface area contributed by atoms with Gasteiger partial charge >= 0.3 is 11.8 Å². The Kier molecular flexibility index (Phi) is 7.75. The fourth-order valence-corrected chi connectivity index (χ4v) is 3.75. The monoisotopic (exact) mass is 370 g/mol. The molecule has 1 aliphatic carbocycles. The highest BCUT2D eigenvalue weighted by atomic mass is 35.5. The third-order valence-corrected chi connectivity index (χ3v) is 5.29. The van der Waals surface area contributed by atoms with Gasteiger partial charge in [0.2, 0.25) is 0 Å². The molecule has 0 saturated carbocycles. The van der Waals surface area contributed by atoms with Gasteiger partial charge in [-0.3, -0.25) is 9.59 Å². The molecule has 0 fully saturated rings. The predicted octanol–water partition coefficient (Wildman–Crippen LogP) is 3.21. The number of allylic oxidation sites excluding steroid dienone is 1. The van der Waals surface area contributed by atoms with Crippen LogP contribution in [-0.2, 0) is 14.3 Å². The zero-order chi connectivity index (χ0) is 17.4. The molecule has 0 aromatic carbocycles. The second kappa shape index (κ2) is 9.81. The molecular weight excluding hydrogens is 348 g/mol. The first kappa shape index (κ1) is 19.0. The number of halogens is 1. The first-order chi connectivity index (χ1) is 11.6. The minimum Gasteiger partial charge on any atom is -0.374 e. The van der Waals surface area contributed by atoms with Gasteiger partial charge in [-0.2, -0.15) is 0 Å². The highest BCUT2D eigenvalue weighted by molar-refractivity contribution is 7.16. The predicted molar refractivity (Wildman–Crippen MR) is 96.3 cm³/mol. The van der Waals surface area contributed by atoms with Crippen molar-refractivity contribution in [1.29, 1.82) is 0 Å². The summed E-state index contributed by atoms with van der Waals surface area (Å²) in [5.74, 6) is -1.25. The van der Waals surface area contributed by atoms with Gasteiger partial charge < -0.3 is 15.4 Å². The smallest absolute Gasteiger partial charge is 0.309 e. The number of nitrogens with one attached hydrogen (secondary N) is 2. The zero-order valence-corrected chi connectivity index (χ0v) is 15.3. The molecule has 0 unspecified atom stereocenters. The second-order valence-electron chi connectivity index (χ2n) is 5.69. The fourth-order valence-electron chi connectivity index (χ4n) is 2.62. The summed E-state index contributed by atoms with van der Waals surface area (Å²) in [5, 5.41) is 5.27. The molecule has 1 aromatic rings. The summed E-state index contributed by atoms with van der Waals surface area (Å²) in [7, 11) is 1.56. The van der Waals surface area contributed by atoms with Gasteiger partial charge in [0.15, 0.2) is 0 Å². The van der Waals surface area contributed by atoms with Crippen LogP contribution in [0.4, 0.5) is 0 Å². The van der Waals surface area contributed by atoms with Crippen LogP contribution in [0.25, 0.3) is 0 Å². The average molecular weight is 371 g/mol. The Bertz CT molecular complexity index is 600. The molecule has 132 valence electrons. The Hall–Kier alpha value is -1.37. The molecule has 5 nitrogen and oxygen atoms in total. The lowest BCUT2D eigenvalue weighted by molar-refractivity contribution is -0.139. The van der Waals surface area contributed by atoms with E-state index in [-0.39, 0.29) is 12.6 Å². The molecule has 1 heterocycles. The second-order valence-corrected chi connectivity index (χ2v) is 7.44. The van der Waals surface area contributed by atoms with Crippen LogP contribution in [-0.4, -0.2) is 32.0 Å². The molecule has 0 spiro atoms. The first-order valence-electron chi connectivity index (χ1n) is 8.12. The van der Waals surface area contributed by atoms with Crippen molar-refractivity contribution >= 4 is 34.8 Å². The van der Waals surface area contributed by atoms with Crippen LogP contribution in [0, 0.1) is 0 Å². The molecule has 24 heavy (non-hydrogen) atoms. The summed E-state index contributed by atoms with van der Waals surface area (Å²) < 4.78 is 6.00. The van der Waals surface area contributed by atoms with E-state index in [0.717, 1.165) is 24.1 Å². The van der Waals surface area contributed by atoms with Crippen molar-refractivity contribution in [3.8, 4) is 0 Å². The lowest BCUT2D eigenvalue weighted by Crippen LogP contribution is -2.41.